The highest BCUT2D eigenvalue weighted by molar-refractivity contribution is 7.89. The summed E-state index contributed by atoms with van der Waals surface area (Å²) >= 11 is 1.25. The molecule has 10 heteroatoms. The van der Waals surface area contributed by atoms with E-state index in [-0.39, 0.29) is 16.3 Å². The van der Waals surface area contributed by atoms with Crippen LogP contribution in [-0.4, -0.2) is 68.8 Å². The van der Waals surface area contributed by atoms with Gasteiger partial charge in [0.1, 0.15) is 11.3 Å². The molecule has 0 N–H and O–H groups in total. The van der Waals surface area contributed by atoms with E-state index in [1.807, 2.05) is 19.0 Å². The largest absolute Gasteiger partial charge is 0.308 e. The molecule has 34 heavy (non-hydrogen) atoms. The highest BCUT2D eigenvalue weighted by atomic mass is 32.2. The maximum absolute atomic E-state index is 14.2. The van der Waals surface area contributed by atoms with Gasteiger partial charge >= 0.3 is 0 Å². The number of fused-ring (bicyclic) bond motifs is 1. The fourth-order valence-corrected chi connectivity index (χ4v) is 6.38. The summed E-state index contributed by atoms with van der Waals surface area (Å²) in [5.74, 6) is -0.214. The normalized spacial score (nSPS) is 15.8. The van der Waals surface area contributed by atoms with Crippen LogP contribution in [0.15, 0.2) is 47.4 Å². The van der Waals surface area contributed by atoms with Crippen LogP contribution in [0.4, 0.5) is 9.52 Å². The molecule has 0 spiro atoms. The molecule has 2 heterocycles. The van der Waals surface area contributed by atoms with Gasteiger partial charge < -0.3 is 4.90 Å². The summed E-state index contributed by atoms with van der Waals surface area (Å²) < 4.78 is 42.4. The highest BCUT2D eigenvalue weighted by Crippen LogP contribution is 2.31. The van der Waals surface area contributed by atoms with Gasteiger partial charge in [0.2, 0.25) is 10.0 Å². The Hall–Kier alpha value is -2.40. The number of nitrogens with zero attached hydrogens (tertiary/aromatic N) is 4. The summed E-state index contributed by atoms with van der Waals surface area (Å²) in [6.45, 7) is 4.10. The molecular weight excluding hydrogens is 475 g/mol. The number of hydrogen-bond acceptors (Lipinski definition) is 6. The third-order valence-corrected chi connectivity index (χ3v) is 9.04. The van der Waals surface area contributed by atoms with E-state index >= 15 is 0 Å². The van der Waals surface area contributed by atoms with Gasteiger partial charge in [-0.2, -0.15) is 4.31 Å². The number of carbonyl (C=O) groups excluding carboxylic acids is 1. The van der Waals surface area contributed by atoms with Crippen LogP contribution in [-0.2, 0) is 10.0 Å². The lowest BCUT2D eigenvalue weighted by Gasteiger charge is -2.29. The average Bonchev–Trinajstić information content (AvgIpc) is 3.24. The van der Waals surface area contributed by atoms with Crippen molar-refractivity contribution in [1.29, 1.82) is 0 Å². The summed E-state index contributed by atoms with van der Waals surface area (Å²) in [5, 5.41) is 0.408. The van der Waals surface area contributed by atoms with E-state index in [4.69, 9.17) is 0 Å². The molecule has 1 aliphatic heterocycles. The predicted octanol–water partition coefficient (Wildman–Crippen LogP) is 4.06. The van der Waals surface area contributed by atoms with Gasteiger partial charge in [0.05, 0.1) is 9.60 Å². The van der Waals surface area contributed by atoms with Crippen molar-refractivity contribution >= 4 is 42.6 Å². The zero-order chi connectivity index (χ0) is 24.5. The molecule has 3 aromatic rings. The van der Waals surface area contributed by atoms with Crippen LogP contribution in [0.2, 0.25) is 0 Å². The lowest BCUT2D eigenvalue weighted by molar-refractivity contribution is 0.0985. The SMILES string of the molecule is CC1CCN(S(=O)(=O)c2ccc(C(=O)N(CCN(C)C)c3nc4c(F)cccc4s3)cc2)CC1. The number of amides is 1. The zero-order valence-corrected chi connectivity index (χ0v) is 21.2. The Morgan fingerprint density at radius 1 is 1.12 bits per heavy atom. The minimum atomic E-state index is -3.59. The van der Waals surface area contributed by atoms with Crippen molar-refractivity contribution in [3.8, 4) is 0 Å². The van der Waals surface area contributed by atoms with E-state index in [9.17, 15) is 17.6 Å². The Bertz CT molecular complexity index is 1270. The van der Waals surface area contributed by atoms with Crippen LogP contribution >= 0.6 is 11.3 Å². The Kier molecular flexibility index (Phi) is 7.32. The van der Waals surface area contributed by atoms with Crippen molar-refractivity contribution in [3.05, 3.63) is 53.8 Å². The van der Waals surface area contributed by atoms with Gasteiger partial charge in [-0.05, 0) is 69.3 Å². The van der Waals surface area contributed by atoms with E-state index in [2.05, 4.69) is 11.9 Å². The standard InChI is InChI=1S/C24H29FN4O3S2/c1-17-11-13-28(14-12-17)34(31,32)19-9-7-18(8-10-19)23(30)29(16-15-27(2)3)24-26-22-20(25)5-4-6-21(22)33-24/h4-10,17H,11-16H2,1-3H3. The second-order valence-electron chi connectivity index (χ2n) is 8.95. The highest BCUT2D eigenvalue weighted by Gasteiger charge is 2.29. The molecule has 0 radical (unpaired) electrons. The number of sulfonamides is 1. The zero-order valence-electron chi connectivity index (χ0n) is 19.6. The number of thiazole rings is 1. The number of aromatic nitrogens is 1. The molecule has 0 unspecified atom stereocenters. The van der Waals surface area contributed by atoms with Gasteiger partial charge in [0, 0.05) is 31.7 Å². The molecular formula is C24H29FN4O3S2. The van der Waals surface area contributed by atoms with E-state index in [0.29, 0.717) is 47.5 Å². The molecule has 0 bridgehead atoms. The molecule has 2 aromatic carbocycles. The summed E-state index contributed by atoms with van der Waals surface area (Å²) in [5.41, 5.74) is 0.590. The van der Waals surface area contributed by atoms with Crippen molar-refractivity contribution in [2.45, 2.75) is 24.7 Å². The number of carbonyl (C=O) groups is 1. The number of halogens is 1. The first kappa shape index (κ1) is 24.7. The fraction of sp³-hybridized carbons (Fsp3) is 0.417. The van der Waals surface area contributed by atoms with E-state index in [0.717, 1.165) is 12.8 Å². The van der Waals surface area contributed by atoms with Crippen molar-refractivity contribution in [1.82, 2.24) is 14.2 Å². The summed E-state index contributed by atoms with van der Waals surface area (Å²) in [6, 6.07) is 10.8. The summed E-state index contributed by atoms with van der Waals surface area (Å²) in [4.78, 5) is 21.5. The first-order chi connectivity index (χ1) is 16.2. The Labute approximate surface area is 203 Å². The monoisotopic (exact) mass is 504 g/mol. The molecule has 4 rings (SSSR count). The molecule has 7 nitrogen and oxygen atoms in total. The van der Waals surface area contributed by atoms with Crippen molar-refractivity contribution in [2.75, 3.05) is 45.2 Å². The van der Waals surface area contributed by atoms with Crippen molar-refractivity contribution < 1.29 is 17.6 Å². The smallest absolute Gasteiger partial charge is 0.260 e. The summed E-state index contributed by atoms with van der Waals surface area (Å²) in [7, 11) is 0.215. The Balaban J connectivity index is 1.60. The van der Waals surface area contributed by atoms with Crippen LogP contribution in [0.1, 0.15) is 30.1 Å². The minimum Gasteiger partial charge on any atom is -0.308 e. The van der Waals surface area contributed by atoms with E-state index in [1.54, 1.807) is 24.3 Å². The van der Waals surface area contributed by atoms with Gasteiger partial charge in [-0.25, -0.2) is 17.8 Å². The van der Waals surface area contributed by atoms with Crippen LogP contribution in [0, 0.1) is 11.7 Å². The first-order valence-corrected chi connectivity index (χ1v) is 13.5. The maximum Gasteiger partial charge on any atom is 0.260 e. The van der Waals surface area contributed by atoms with E-state index < -0.39 is 15.8 Å². The molecule has 0 atom stereocenters. The van der Waals surface area contributed by atoms with Crippen molar-refractivity contribution in [3.63, 3.8) is 0 Å². The third-order valence-electron chi connectivity index (χ3n) is 6.09. The topological polar surface area (TPSA) is 73.8 Å². The average molecular weight is 505 g/mol. The Morgan fingerprint density at radius 3 is 2.41 bits per heavy atom. The van der Waals surface area contributed by atoms with Gasteiger partial charge in [-0.1, -0.05) is 24.3 Å². The minimum absolute atomic E-state index is 0.181. The molecule has 1 aromatic heterocycles. The van der Waals surface area contributed by atoms with Gasteiger partial charge in [0.15, 0.2) is 5.13 Å². The quantitative estimate of drug-likeness (QED) is 0.485. The van der Waals surface area contributed by atoms with Crippen LogP contribution in [0.3, 0.4) is 0 Å². The number of benzene rings is 2. The lowest BCUT2D eigenvalue weighted by atomic mass is 10.0. The predicted molar refractivity (Wildman–Crippen MR) is 133 cm³/mol. The second kappa shape index (κ2) is 10.1. The van der Waals surface area contributed by atoms with Crippen molar-refractivity contribution in [2.24, 2.45) is 5.92 Å². The molecule has 0 aliphatic carbocycles. The lowest BCUT2D eigenvalue weighted by Crippen LogP contribution is -2.38. The molecule has 182 valence electrons. The van der Waals surface area contributed by atoms with Crippen LogP contribution < -0.4 is 4.90 Å². The maximum atomic E-state index is 14.2. The fourth-order valence-electron chi connectivity index (χ4n) is 3.90. The third kappa shape index (κ3) is 5.14. The first-order valence-electron chi connectivity index (χ1n) is 11.3. The number of likely N-dealkylation sites (N-methyl/N-ethyl adjacent to an activating group) is 1. The number of hydrogen-bond donors (Lipinski definition) is 0. The molecule has 1 amide bonds. The van der Waals surface area contributed by atoms with Crippen LogP contribution in [0.25, 0.3) is 10.2 Å². The number of rotatable bonds is 7. The second-order valence-corrected chi connectivity index (χ2v) is 11.9. The van der Waals surface area contributed by atoms with Gasteiger partial charge in [-0.3, -0.25) is 9.69 Å². The molecule has 0 saturated carbocycles. The number of anilines is 1. The number of para-hydroxylation sites is 1. The number of piperidine rings is 1. The molecule has 1 saturated heterocycles. The van der Waals surface area contributed by atoms with Gasteiger partial charge in [0.25, 0.3) is 5.91 Å². The van der Waals surface area contributed by atoms with E-state index in [1.165, 1.54) is 38.7 Å². The van der Waals surface area contributed by atoms with Crippen LogP contribution in [0.5, 0.6) is 0 Å². The molecule has 1 fully saturated rings. The molecule has 1 aliphatic rings. The summed E-state index contributed by atoms with van der Waals surface area (Å²) in [6.07, 6.45) is 1.69. The van der Waals surface area contributed by atoms with Gasteiger partial charge in [-0.15, -0.1) is 0 Å². The Morgan fingerprint density at radius 2 is 1.79 bits per heavy atom.